The van der Waals surface area contributed by atoms with E-state index in [1.165, 1.54) is 6.07 Å². The number of rotatable bonds is 11. The van der Waals surface area contributed by atoms with E-state index in [1.54, 1.807) is 96.9 Å². The lowest BCUT2D eigenvalue weighted by molar-refractivity contribution is -0.131. The van der Waals surface area contributed by atoms with Gasteiger partial charge in [0.15, 0.2) is 0 Å². The summed E-state index contributed by atoms with van der Waals surface area (Å²) in [4.78, 5) is 31.7. The van der Waals surface area contributed by atoms with Crippen molar-refractivity contribution in [3.63, 3.8) is 0 Å². The van der Waals surface area contributed by atoms with Gasteiger partial charge < -0.3 is 9.64 Å². The zero-order chi connectivity index (χ0) is 31.7. The van der Waals surface area contributed by atoms with E-state index in [0.29, 0.717) is 35.5 Å². The second-order valence-corrected chi connectivity index (χ2v) is 11.8. The average Bonchev–Trinajstić information content (AvgIpc) is 3.01. The number of primary sulfonamides is 1. The number of hydrogen-bond donors (Lipinski definition) is 3. The Morgan fingerprint density at radius 2 is 1.70 bits per heavy atom. The Kier molecular flexibility index (Phi) is 10.6. The van der Waals surface area contributed by atoms with Gasteiger partial charge in [0, 0.05) is 30.4 Å². The SMILES string of the molecule is CCCN(Cc1cccc(C(=N)NC(=O)OC(C)c2ccccn2)c1)C(=O)Cc1ccc(-c2ccccc2S(N)(=O)=O)cc1. The van der Waals surface area contributed by atoms with Gasteiger partial charge in [0.2, 0.25) is 15.9 Å². The Balaban J connectivity index is 1.39. The summed E-state index contributed by atoms with van der Waals surface area (Å²) >= 11 is 0. The molecular weight excluding hydrogens is 578 g/mol. The lowest BCUT2D eigenvalue weighted by Crippen LogP contribution is -2.33. The minimum absolute atomic E-state index is 0.0411. The third kappa shape index (κ3) is 8.59. The van der Waals surface area contributed by atoms with Gasteiger partial charge in [0.1, 0.15) is 11.9 Å². The summed E-state index contributed by atoms with van der Waals surface area (Å²) in [6, 6.07) is 26.1. The number of ether oxygens (including phenoxy) is 1. The van der Waals surface area contributed by atoms with Crippen molar-refractivity contribution in [1.82, 2.24) is 15.2 Å². The van der Waals surface area contributed by atoms with Crippen LogP contribution in [0.4, 0.5) is 4.79 Å². The van der Waals surface area contributed by atoms with Gasteiger partial charge >= 0.3 is 6.09 Å². The first-order valence-electron chi connectivity index (χ1n) is 14.1. The van der Waals surface area contributed by atoms with Gasteiger partial charge in [-0.15, -0.1) is 0 Å². The molecule has 0 fully saturated rings. The highest BCUT2D eigenvalue weighted by molar-refractivity contribution is 7.89. The molecule has 4 aromatic rings. The van der Waals surface area contributed by atoms with Gasteiger partial charge in [0.05, 0.1) is 17.0 Å². The molecular formula is C33H35N5O5S. The molecule has 228 valence electrons. The second-order valence-electron chi connectivity index (χ2n) is 10.2. The zero-order valence-corrected chi connectivity index (χ0v) is 25.4. The number of nitrogens with two attached hydrogens (primary N) is 1. The van der Waals surface area contributed by atoms with Gasteiger partial charge in [-0.25, -0.2) is 18.4 Å². The molecule has 2 amide bonds. The molecule has 0 saturated heterocycles. The number of benzene rings is 3. The van der Waals surface area contributed by atoms with E-state index in [2.05, 4.69) is 10.3 Å². The number of carbonyl (C=O) groups is 2. The van der Waals surface area contributed by atoms with Crippen LogP contribution in [0.1, 0.15) is 48.8 Å². The van der Waals surface area contributed by atoms with E-state index >= 15 is 0 Å². The molecule has 0 saturated carbocycles. The fourth-order valence-electron chi connectivity index (χ4n) is 4.69. The van der Waals surface area contributed by atoms with Crippen molar-refractivity contribution >= 4 is 27.9 Å². The van der Waals surface area contributed by atoms with Crippen LogP contribution in [-0.4, -0.2) is 42.7 Å². The topological polar surface area (TPSA) is 156 Å². The van der Waals surface area contributed by atoms with Gasteiger partial charge in [0.25, 0.3) is 0 Å². The third-order valence-corrected chi connectivity index (χ3v) is 7.83. The van der Waals surface area contributed by atoms with E-state index in [1.807, 2.05) is 13.0 Å². The summed E-state index contributed by atoms with van der Waals surface area (Å²) in [6.45, 7) is 4.56. The van der Waals surface area contributed by atoms with Crippen molar-refractivity contribution in [1.29, 1.82) is 5.41 Å². The molecule has 0 aliphatic rings. The molecule has 1 heterocycles. The first-order chi connectivity index (χ1) is 21.0. The number of nitrogens with one attached hydrogen (secondary N) is 2. The van der Waals surface area contributed by atoms with Crippen LogP contribution in [0, 0.1) is 5.41 Å². The van der Waals surface area contributed by atoms with Gasteiger partial charge in [-0.1, -0.05) is 73.7 Å². The highest BCUT2D eigenvalue weighted by Crippen LogP contribution is 2.27. The van der Waals surface area contributed by atoms with E-state index < -0.39 is 22.2 Å². The fourth-order valence-corrected chi connectivity index (χ4v) is 5.45. The Morgan fingerprint density at radius 3 is 2.39 bits per heavy atom. The first kappa shape index (κ1) is 32.1. The van der Waals surface area contributed by atoms with Crippen LogP contribution >= 0.6 is 0 Å². The van der Waals surface area contributed by atoms with E-state index in [4.69, 9.17) is 15.3 Å². The molecule has 44 heavy (non-hydrogen) atoms. The Bertz CT molecular complexity index is 1730. The lowest BCUT2D eigenvalue weighted by Gasteiger charge is -2.23. The predicted molar refractivity (Wildman–Crippen MR) is 168 cm³/mol. The quantitative estimate of drug-likeness (QED) is 0.156. The number of sulfonamides is 1. The summed E-state index contributed by atoms with van der Waals surface area (Å²) in [7, 11) is -3.89. The van der Waals surface area contributed by atoms with Crippen LogP contribution in [0.5, 0.6) is 0 Å². The lowest BCUT2D eigenvalue weighted by atomic mass is 10.0. The number of alkyl carbamates (subject to hydrolysis) is 1. The van der Waals surface area contributed by atoms with Crippen molar-refractivity contribution in [3.05, 3.63) is 120 Å². The van der Waals surface area contributed by atoms with E-state index in [-0.39, 0.29) is 23.1 Å². The normalized spacial score (nSPS) is 11.8. The largest absolute Gasteiger partial charge is 0.440 e. The number of carbonyl (C=O) groups excluding carboxylic acids is 2. The Morgan fingerprint density at radius 1 is 0.977 bits per heavy atom. The summed E-state index contributed by atoms with van der Waals surface area (Å²) in [6.07, 6.45) is 1.18. The number of hydrogen-bond acceptors (Lipinski definition) is 7. The third-order valence-electron chi connectivity index (χ3n) is 6.86. The highest BCUT2D eigenvalue weighted by atomic mass is 32.2. The Hall–Kier alpha value is -4.87. The molecule has 11 heteroatoms. The maximum absolute atomic E-state index is 13.3. The van der Waals surface area contributed by atoms with Gasteiger partial charge in [-0.3, -0.25) is 20.5 Å². The second kappa shape index (κ2) is 14.5. The molecule has 0 aliphatic heterocycles. The molecule has 4 rings (SSSR count). The molecule has 1 unspecified atom stereocenters. The zero-order valence-electron chi connectivity index (χ0n) is 24.6. The highest BCUT2D eigenvalue weighted by Gasteiger charge is 2.18. The summed E-state index contributed by atoms with van der Waals surface area (Å²) in [5, 5.41) is 16.2. The molecule has 1 aromatic heterocycles. The van der Waals surface area contributed by atoms with E-state index in [9.17, 15) is 18.0 Å². The Labute approximate surface area is 257 Å². The predicted octanol–water partition coefficient (Wildman–Crippen LogP) is 5.19. The summed E-state index contributed by atoms with van der Waals surface area (Å²) < 4.78 is 29.4. The number of amides is 2. The van der Waals surface area contributed by atoms with Crippen LogP contribution in [0.3, 0.4) is 0 Å². The fraction of sp³-hybridized carbons (Fsp3) is 0.212. The molecule has 10 nitrogen and oxygen atoms in total. The smallest absolute Gasteiger partial charge is 0.413 e. The molecule has 1 atom stereocenters. The van der Waals surface area contributed by atoms with Gasteiger partial charge in [-0.2, -0.15) is 0 Å². The van der Waals surface area contributed by atoms with Crippen LogP contribution < -0.4 is 10.5 Å². The number of amidine groups is 1. The van der Waals surface area contributed by atoms with E-state index in [0.717, 1.165) is 17.5 Å². The maximum atomic E-state index is 13.3. The van der Waals surface area contributed by atoms with Gasteiger partial charge in [-0.05, 0) is 54.3 Å². The minimum Gasteiger partial charge on any atom is -0.440 e. The van der Waals surface area contributed by atoms with Crippen LogP contribution in [-0.2, 0) is 32.5 Å². The van der Waals surface area contributed by atoms with Crippen LogP contribution in [0.2, 0.25) is 0 Å². The molecule has 0 radical (unpaired) electrons. The van der Waals surface area contributed by atoms with Crippen molar-refractivity contribution in [2.24, 2.45) is 5.14 Å². The molecule has 0 spiro atoms. The summed E-state index contributed by atoms with van der Waals surface area (Å²) in [5.41, 5.74) is 3.84. The van der Waals surface area contributed by atoms with Crippen LogP contribution in [0.15, 0.2) is 102 Å². The number of pyridine rings is 1. The molecule has 4 N–H and O–H groups in total. The van der Waals surface area contributed by atoms with Crippen LogP contribution in [0.25, 0.3) is 11.1 Å². The molecule has 0 aliphatic carbocycles. The molecule has 3 aromatic carbocycles. The minimum atomic E-state index is -3.89. The average molecular weight is 614 g/mol. The summed E-state index contributed by atoms with van der Waals surface area (Å²) in [5.74, 6) is -0.197. The monoisotopic (exact) mass is 613 g/mol. The first-order valence-corrected chi connectivity index (χ1v) is 15.6. The van der Waals surface area contributed by atoms with Crippen molar-refractivity contribution in [2.45, 2.75) is 44.2 Å². The van der Waals surface area contributed by atoms with Crippen molar-refractivity contribution in [2.75, 3.05) is 6.54 Å². The van der Waals surface area contributed by atoms with Crippen molar-refractivity contribution < 1.29 is 22.7 Å². The number of aromatic nitrogens is 1. The number of nitrogens with zero attached hydrogens (tertiary/aromatic N) is 2. The van der Waals surface area contributed by atoms with Crippen molar-refractivity contribution in [3.8, 4) is 11.1 Å². The standard InChI is InChI=1S/C33H35N5O5S/c1-3-19-38(31(39)21-24-14-16-26(17-15-24)28-11-4-5-13-30(28)44(35,41)42)22-25-9-8-10-27(20-25)32(34)37-33(40)43-23(2)29-12-6-7-18-36-29/h4-18,20,23H,3,19,21-22H2,1-2H3,(H2,34,37,40)(H2,35,41,42). The maximum Gasteiger partial charge on any atom is 0.413 e. The molecule has 0 bridgehead atoms.